The molecule has 0 radical (unpaired) electrons. The van der Waals surface area contributed by atoms with Crippen LogP contribution in [0.4, 0.5) is 0 Å². The highest BCUT2D eigenvalue weighted by Gasteiger charge is 2.54. The van der Waals surface area contributed by atoms with E-state index < -0.39 is 69.0 Å². The second kappa shape index (κ2) is 13.9. The maximum atomic E-state index is 13.8. The average molecular weight is 580 g/mol. The molecule has 1 aliphatic heterocycles. The molecule has 2 aromatic rings. The summed E-state index contributed by atoms with van der Waals surface area (Å²) in [5.41, 5.74) is 0. The van der Waals surface area contributed by atoms with Crippen LogP contribution in [0.15, 0.2) is 60.7 Å². The maximum Gasteiger partial charge on any atom is 0.587 e. The zero-order valence-electron chi connectivity index (χ0n) is 22.1. The van der Waals surface area contributed by atoms with Crippen molar-refractivity contribution in [1.29, 1.82) is 0 Å². The van der Waals surface area contributed by atoms with Gasteiger partial charge < -0.3 is 32.7 Å². The van der Waals surface area contributed by atoms with Gasteiger partial charge in [-0.2, -0.15) is 0 Å². The summed E-state index contributed by atoms with van der Waals surface area (Å²) in [6, 6.07) is 16.1. The van der Waals surface area contributed by atoms with Crippen molar-refractivity contribution in [2.45, 2.75) is 58.4 Å². The minimum Gasteiger partial charge on any atom is -0.456 e. The molecule has 1 fully saturated rings. The fourth-order valence-corrected chi connectivity index (χ4v) is 4.94. The Morgan fingerprint density at radius 3 is 1.52 bits per heavy atom. The Kier molecular flexibility index (Phi) is 10.7. The molecule has 14 heteroatoms. The lowest BCUT2D eigenvalue weighted by Crippen LogP contribution is -2.63. The number of esters is 4. The van der Waals surface area contributed by atoms with Gasteiger partial charge in [-0.15, -0.1) is 0 Å². The molecule has 216 valence electrons. The van der Waals surface area contributed by atoms with Crippen LogP contribution < -0.4 is 9.05 Å². The molecule has 0 amide bonds. The van der Waals surface area contributed by atoms with E-state index in [1.807, 2.05) is 0 Å². The summed E-state index contributed by atoms with van der Waals surface area (Å²) in [6.07, 6.45) is -7.47. The molecule has 0 aliphatic carbocycles. The highest BCUT2D eigenvalue weighted by molar-refractivity contribution is 7.49. The fourth-order valence-electron chi connectivity index (χ4n) is 3.70. The first-order valence-corrected chi connectivity index (χ1v) is 13.5. The Hall–Kier alpha value is -3.93. The van der Waals surface area contributed by atoms with Crippen LogP contribution in [0.2, 0.25) is 0 Å². The molecule has 1 heterocycles. The predicted octanol–water partition coefficient (Wildman–Crippen LogP) is 3.35. The zero-order valence-corrected chi connectivity index (χ0v) is 23.0. The summed E-state index contributed by atoms with van der Waals surface area (Å²) in [7, 11) is -4.44. The van der Waals surface area contributed by atoms with Crippen molar-refractivity contribution >= 4 is 31.7 Å². The number of phosphoric acid groups is 1. The molecule has 0 saturated carbocycles. The molecule has 1 aliphatic rings. The molecule has 0 bridgehead atoms. The van der Waals surface area contributed by atoms with Gasteiger partial charge in [-0.1, -0.05) is 36.4 Å². The molecular formula is C26H29O13P. The van der Waals surface area contributed by atoms with Crippen LogP contribution in [0.3, 0.4) is 0 Å². The second-order valence-electron chi connectivity index (χ2n) is 8.43. The lowest BCUT2D eigenvalue weighted by Gasteiger charge is -2.43. The van der Waals surface area contributed by atoms with Crippen LogP contribution in [-0.4, -0.2) is 61.2 Å². The lowest BCUT2D eigenvalue weighted by molar-refractivity contribution is -0.298. The molecule has 0 N–H and O–H groups in total. The molecule has 0 spiro atoms. The summed E-state index contributed by atoms with van der Waals surface area (Å²) in [5, 5.41) is 0. The first-order chi connectivity index (χ1) is 19.0. The van der Waals surface area contributed by atoms with E-state index in [0.29, 0.717) is 0 Å². The summed E-state index contributed by atoms with van der Waals surface area (Å²) in [5.74, 6) is -2.96. The van der Waals surface area contributed by atoms with E-state index in [-0.39, 0.29) is 11.5 Å². The van der Waals surface area contributed by atoms with Crippen molar-refractivity contribution in [3.8, 4) is 11.5 Å². The quantitative estimate of drug-likeness (QED) is 0.217. The van der Waals surface area contributed by atoms with E-state index in [4.69, 9.17) is 37.3 Å². The minimum atomic E-state index is -4.44. The normalized spacial score (nSPS) is 22.4. The van der Waals surface area contributed by atoms with E-state index >= 15 is 0 Å². The predicted molar refractivity (Wildman–Crippen MR) is 135 cm³/mol. The van der Waals surface area contributed by atoms with Crippen molar-refractivity contribution in [2.75, 3.05) is 6.61 Å². The van der Waals surface area contributed by atoms with E-state index in [1.165, 1.54) is 24.3 Å². The van der Waals surface area contributed by atoms with Gasteiger partial charge in [0.2, 0.25) is 12.4 Å². The topological polar surface area (TPSA) is 159 Å². The number of para-hydroxylation sites is 2. The highest BCUT2D eigenvalue weighted by Crippen LogP contribution is 2.50. The van der Waals surface area contributed by atoms with Crippen LogP contribution >= 0.6 is 7.82 Å². The van der Waals surface area contributed by atoms with Gasteiger partial charge in [-0.3, -0.25) is 23.7 Å². The van der Waals surface area contributed by atoms with E-state index in [9.17, 15) is 23.7 Å². The number of hydrogen-bond donors (Lipinski definition) is 0. The monoisotopic (exact) mass is 580 g/mol. The van der Waals surface area contributed by atoms with Crippen LogP contribution in [-0.2, 0) is 52.0 Å². The summed E-state index contributed by atoms with van der Waals surface area (Å²) >= 11 is 0. The summed E-state index contributed by atoms with van der Waals surface area (Å²) in [6.45, 7) is 3.67. The van der Waals surface area contributed by atoms with Gasteiger partial charge in [-0.05, 0) is 24.3 Å². The van der Waals surface area contributed by atoms with E-state index in [0.717, 1.165) is 27.7 Å². The van der Waals surface area contributed by atoms with Crippen LogP contribution in [0.25, 0.3) is 0 Å². The standard InChI is InChI=1S/C26H29O13P/c1-16(27)33-23-22(37-26(36-19(4)30)25(35-18(3)29)24(23)34-17(2)28)15-32-40(31,38-20-11-7-5-8-12-20)39-21-13-9-6-10-14-21/h5-14,22-26H,15H2,1-4H3/t22-,23-,24+,25+,26-/m1/s1. The van der Waals surface area contributed by atoms with Gasteiger partial charge in [0.15, 0.2) is 12.2 Å². The number of carbonyl (C=O) groups is 4. The molecule has 40 heavy (non-hydrogen) atoms. The SMILES string of the molecule is CC(=O)O[C@@H]1O[C@H](COP(=O)(Oc2ccccc2)Oc2ccccc2)[C@@H](OC(C)=O)[C@H](OC(C)=O)[C@@H]1OC(C)=O. The van der Waals surface area contributed by atoms with E-state index in [1.54, 1.807) is 36.4 Å². The number of benzene rings is 2. The van der Waals surface area contributed by atoms with Crippen LogP contribution in [0.5, 0.6) is 11.5 Å². The molecule has 3 rings (SSSR count). The first kappa shape index (κ1) is 30.6. The molecule has 5 atom stereocenters. The highest BCUT2D eigenvalue weighted by atomic mass is 31.2. The Labute approximate surface area is 230 Å². The van der Waals surface area contributed by atoms with Gasteiger partial charge in [0.25, 0.3) is 0 Å². The van der Waals surface area contributed by atoms with Crippen molar-refractivity contribution in [3.63, 3.8) is 0 Å². The smallest absolute Gasteiger partial charge is 0.456 e. The molecule has 13 nitrogen and oxygen atoms in total. The van der Waals surface area contributed by atoms with Crippen LogP contribution in [0, 0.1) is 0 Å². The minimum absolute atomic E-state index is 0.161. The van der Waals surface area contributed by atoms with Gasteiger partial charge in [0, 0.05) is 27.7 Å². The molecular weight excluding hydrogens is 551 g/mol. The van der Waals surface area contributed by atoms with Crippen molar-refractivity contribution in [2.24, 2.45) is 0 Å². The number of hydrogen-bond acceptors (Lipinski definition) is 13. The van der Waals surface area contributed by atoms with Crippen LogP contribution in [0.1, 0.15) is 27.7 Å². The number of carbonyl (C=O) groups excluding carboxylic acids is 4. The number of rotatable bonds is 11. The van der Waals surface area contributed by atoms with Crippen molar-refractivity contribution < 1.29 is 61.0 Å². The largest absolute Gasteiger partial charge is 0.587 e. The molecule has 2 aromatic carbocycles. The van der Waals surface area contributed by atoms with Gasteiger partial charge in [0.05, 0.1) is 6.61 Å². The summed E-state index contributed by atoms with van der Waals surface area (Å²) in [4.78, 5) is 47.6. The van der Waals surface area contributed by atoms with Crippen molar-refractivity contribution in [3.05, 3.63) is 60.7 Å². The van der Waals surface area contributed by atoms with E-state index in [2.05, 4.69) is 0 Å². The average Bonchev–Trinajstić information content (AvgIpc) is 2.86. The van der Waals surface area contributed by atoms with Gasteiger partial charge in [0.1, 0.15) is 17.6 Å². The Morgan fingerprint density at radius 1 is 0.650 bits per heavy atom. The third-order valence-corrected chi connectivity index (χ3v) is 6.43. The van der Waals surface area contributed by atoms with Gasteiger partial charge >= 0.3 is 31.7 Å². The zero-order chi connectivity index (χ0) is 29.3. The Bertz CT molecular complexity index is 1170. The third kappa shape index (κ3) is 9.08. The molecule has 0 unspecified atom stereocenters. The third-order valence-electron chi connectivity index (χ3n) is 5.10. The summed E-state index contributed by atoms with van der Waals surface area (Å²) < 4.78 is 57.4. The number of phosphoric ester groups is 1. The second-order valence-corrected chi connectivity index (χ2v) is 9.94. The molecule has 1 saturated heterocycles. The Balaban J connectivity index is 1.95. The maximum absolute atomic E-state index is 13.8. The first-order valence-electron chi connectivity index (χ1n) is 12.0. The lowest BCUT2D eigenvalue weighted by atomic mass is 9.98. The van der Waals surface area contributed by atoms with Crippen molar-refractivity contribution in [1.82, 2.24) is 0 Å². The number of ether oxygens (including phenoxy) is 5. The van der Waals surface area contributed by atoms with Gasteiger partial charge in [-0.25, -0.2) is 4.57 Å². The Morgan fingerprint density at radius 2 is 1.07 bits per heavy atom. The fraction of sp³-hybridized carbons (Fsp3) is 0.385. The molecule has 0 aromatic heterocycles.